The maximum Gasteiger partial charge on any atom is 0.344 e. The summed E-state index contributed by atoms with van der Waals surface area (Å²) < 4.78 is 42.4. The maximum absolute atomic E-state index is 12.7. The number of rotatable bonds is 8. The Morgan fingerprint density at radius 2 is 1.81 bits per heavy atom. The number of hydrogen-bond donors (Lipinski definition) is 1. The monoisotopic (exact) mass is 462 g/mol. The highest BCUT2D eigenvalue weighted by Gasteiger charge is 2.26. The Hall–Kier alpha value is -2.95. The van der Waals surface area contributed by atoms with E-state index in [1.54, 1.807) is 6.07 Å². The number of sulfonamides is 1. The molecule has 1 amide bonds. The van der Waals surface area contributed by atoms with E-state index in [1.807, 2.05) is 32.0 Å². The first-order chi connectivity index (χ1) is 15.3. The lowest BCUT2D eigenvalue weighted by Crippen LogP contribution is -2.40. The van der Waals surface area contributed by atoms with Crippen molar-refractivity contribution in [1.29, 1.82) is 0 Å². The van der Waals surface area contributed by atoms with Crippen LogP contribution >= 0.6 is 0 Å². The lowest BCUT2D eigenvalue weighted by Gasteiger charge is -2.26. The first kappa shape index (κ1) is 23.7. The van der Waals surface area contributed by atoms with E-state index < -0.39 is 28.5 Å². The Balaban J connectivity index is 1.51. The van der Waals surface area contributed by atoms with Crippen LogP contribution in [0.3, 0.4) is 0 Å². The summed E-state index contributed by atoms with van der Waals surface area (Å²) >= 11 is 0. The van der Waals surface area contributed by atoms with Crippen LogP contribution in [0.4, 0.5) is 5.69 Å². The van der Waals surface area contributed by atoms with Crippen LogP contribution in [0.1, 0.15) is 11.1 Å². The number of benzene rings is 2. The van der Waals surface area contributed by atoms with Crippen molar-refractivity contribution in [2.75, 3.05) is 44.8 Å². The molecule has 1 saturated heterocycles. The van der Waals surface area contributed by atoms with Crippen LogP contribution < -0.4 is 10.1 Å². The lowest BCUT2D eigenvalue weighted by atomic mass is 10.1. The van der Waals surface area contributed by atoms with Crippen LogP contribution in [-0.2, 0) is 29.1 Å². The number of nitrogens with zero attached hydrogens (tertiary/aromatic N) is 1. The number of carbonyl (C=O) groups is 2. The second-order valence-electron chi connectivity index (χ2n) is 7.31. The van der Waals surface area contributed by atoms with Crippen molar-refractivity contribution < 1.29 is 32.2 Å². The highest BCUT2D eigenvalue weighted by molar-refractivity contribution is 7.89. The number of hydrogen-bond acceptors (Lipinski definition) is 7. The van der Waals surface area contributed by atoms with Crippen LogP contribution in [0.2, 0.25) is 0 Å². The van der Waals surface area contributed by atoms with Gasteiger partial charge in [0.1, 0.15) is 5.75 Å². The largest absolute Gasteiger partial charge is 0.482 e. The number of carbonyl (C=O) groups excluding carboxylic acids is 2. The van der Waals surface area contributed by atoms with E-state index in [0.29, 0.717) is 19.0 Å². The molecule has 10 heteroatoms. The molecule has 32 heavy (non-hydrogen) atoms. The average molecular weight is 463 g/mol. The molecule has 0 aromatic heterocycles. The van der Waals surface area contributed by atoms with E-state index in [2.05, 4.69) is 5.32 Å². The molecule has 9 nitrogen and oxygen atoms in total. The van der Waals surface area contributed by atoms with E-state index in [9.17, 15) is 18.0 Å². The Labute approximate surface area is 187 Å². The molecule has 1 aliphatic rings. The summed E-state index contributed by atoms with van der Waals surface area (Å²) in [6.45, 7) is 4.16. The van der Waals surface area contributed by atoms with Crippen molar-refractivity contribution in [3.8, 4) is 5.75 Å². The van der Waals surface area contributed by atoms with Gasteiger partial charge in [-0.3, -0.25) is 4.79 Å². The normalized spacial score (nSPS) is 14.6. The number of amides is 1. The fraction of sp³-hybridized carbons (Fsp3) is 0.364. The molecule has 0 unspecified atom stereocenters. The minimum absolute atomic E-state index is 0.0659. The van der Waals surface area contributed by atoms with Crippen molar-refractivity contribution in [2.45, 2.75) is 18.7 Å². The smallest absolute Gasteiger partial charge is 0.344 e. The van der Waals surface area contributed by atoms with Gasteiger partial charge >= 0.3 is 5.97 Å². The summed E-state index contributed by atoms with van der Waals surface area (Å²) in [5.41, 5.74) is 2.16. The number of anilines is 1. The molecular formula is C22H26N2O7S. The molecule has 0 atom stereocenters. The summed E-state index contributed by atoms with van der Waals surface area (Å²) in [6, 6.07) is 11.6. The predicted octanol–water partition coefficient (Wildman–Crippen LogP) is 1.89. The SMILES string of the molecule is Cc1ccc(C)c(OCC(=O)OCC(=O)Nc2cccc(S(=O)(=O)N3CCOCC3)c2)c1. The van der Waals surface area contributed by atoms with Crippen molar-refractivity contribution in [3.05, 3.63) is 53.6 Å². The maximum atomic E-state index is 12.7. The topological polar surface area (TPSA) is 111 Å². The summed E-state index contributed by atoms with van der Waals surface area (Å²) in [7, 11) is -3.69. The van der Waals surface area contributed by atoms with Crippen LogP contribution in [0.15, 0.2) is 47.4 Å². The van der Waals surface area contributed by atoms with Gasteiger partial charge < -0.3 is 19.5 Å². The van der Waals surface area contributed by atoms with E-state index >= 15 is 0 Å². The summed E-state index contributed by atoms with van der Waals surface area (Å²) in [6.07, 6.45) is 0. The van der Waals surface area contributed by atoms with Gasteiger partial charge in [-0.15, -0.1) is 0 Å². The van der Waals surface area contributed by atoms with Crippen molar-refractivity contribution >= 4 is 27.6 Å². The molecule has 0 spiro atoms. The van der Waals surface area contributed by atoms with Crippen molar-refractivity contribution in [2.24, 2.45) is 0 Å². The third-order valence-electron chi connectivity index (χ3n) is 4.78. The van der Waals surface area contributed by atoms with Gasteiger partial charge in [0.15, 0.2) is 13.2 Å². The first-order valence-corrected chi connectivity index (χ1v) is 11.5. The molecule has 2 aromatic rings. The van der Waals surface area contributed by atoms with Gasteiger partial charge in [0, 0.05) is 18.8 Å². The van der Waals surface area contributed by atoms with E-state index in [1.165, 1.54) is 22.5 Å². The van der Waals surface area contributed by atoms with Gasteiger partial charge in [-0.1, -0.05) is 18.2 Å². The molecular weight excluding hydrogens is 436 g/mol. The number of esters is 1. The van der Waals surface area contributed by atoms with Gasteiger partial charge in [-0.2, -0.15) is 4.31 Å². The molecule has 1 heterocycles. The Kier molecular flexibility index (Phi) is 7.84. The van der Waals surface area contributed by atoms with Gasteiger partial charge in [0.05, 0.1) is 18.1 Å². The van der Waals surface area contributed by atoms with Gasteiger partial charge in [-0.25, -0.2) is 13.2 Å². The minimum Gasteiger partial charge on any atom is -0.482 e. The number of ether oxygens (including phenoxy) is 3. The number of nitrogens with one attached hydrogen (secondary N) is 1. The van der Waals surface area contributed by atoms with E-state index in [0.717, 1.165) is 11.1 Å². The number of morpholine rings is 1. The minimum atomic E-state index is -3.69. The molecule has 0 saturated carbocycles. The Bertz CT molecular complexity index is 1080. The zero-order chi connectivity index (χ0) is 23.1. The molecule has 3 rings (SSSR count). The Morgan fingerprint density at radius 1 is 1.06 bits per heavy atom. The molecule has 2 aromatic carbocycles. The van der Waals surface area contributed by atoms with Crippen LogP contribution in [0.25, 0.3) is 0 Å². The standard InChI is InChI=1S/C22H26N2O7S/c1-16-6-7-17(2)20(12-16)30-15-22(26)31-14-21(25)23-18-4-3-5-19(13-18)32(27,28)24-8-10-29-11-9-24/h3-7,12-13H,8-11,14-15H2,1-2H3,(H,23,25). The molecule has 1 N–H and O–H groups in total. The first-order valence-electron chi connectivity index (χ1n) is 10.1. The van der Waals surface area contributed by atoms with Crippen LogP contribution in [0.5, 0.6) is 5.75 Å². The quantitative estimate of drug-likeness (QED) is 0.596. The molecule has 1 aliphatic heterocycles. The fourth-order valence-electron chi connectivity index (χ4n) is 3.05. The summed E-state index contributed by atoms with van der Waals surface area (Å²) in [4.78, 5) is 24.1. The molecule has 0 radical (unpaired) electrons. The van der Waals surface area contributed by atoms with E-state index in [-0.39, 0.29) is 30.3 Å². The fourth-order valence-corrected chi connectivity index (χ4v) is 4.51. The zero-order valence-corrected chi connectivity index (χ0v) is 18.8. The second kappa shape index (κ2) is 10.6. The van der Waals surface area contributed by atoms with Gasteiger partial charge in [-0.05, 0) is 49.2 Å². The average Bonchev–Trinajstić information content (AvgIpc) is 2.79. The molecule has 172 valence electrons. The molecule has 1 fully saturated rings. The summed E-state index contributed by atoms with van der Waals surface area (Å²) in [5.74, 6) is -0.708. The van der Waals surface area contributed by atoms with Gasteiger partial charge in [0.2, 0.25) is 10.0 Å². The second-order valence-corrected chi connectivity index (χ2v) is 9.25. The van der Waals surface area contributed by atoms with E-state index in [4.69, 9.17) is 14.2 Å². The molecule has 0 bridgehead atoms. The van der Waals surface area contributed by atoms with Crippen molar-refractivity contribution in [3.63, 3.8) is 0 Å². The van der Waals surface area contributed by atoms with Crippen LogP contribution in [0, 0.1) is 13.8 Å². The zero-order valence-electron chi connectivity index (χ0n) is 18.0. The summed E-state index contributed by atoms with van der Waals surface area (Å²) in [5, 5.41) is 2.54. The Morgan fingerprint density at radius 3 is 2.56 bits per heavy atom. The highest BCUT2D eigenvalue weighted by Crippen LogP contribution is 2.21. The predicted molar refractivity (Wildman–Crippen MR) is 117 cm³/mol. The van der Waals surface area contributed by atoms with Gasteiger partial charge in [0.25, 0.3) is 5.91 Å². The third-order valence-corrected chi connectivity index (χ3v) is 6.67. The highest BCUT2D eigenvalue weighted by atomic mass is 32.2. The third kappa shape index (κ3) is 6.28. The van der Waals surface area contributed by atoms with Crippen LogP contribution in [-0.4, -0.2) is 64.1 Å². The van der Waals surface area contributed by atoms with Crippen molar-refractivity contribution in [1.82, 2.24) is 4.31 Å². The molecule has 0 aliphatic carbocycles. The number of aryl methyl sites for hydroxylation is 2. The lowest BCUT2D eigenvalue weighted by molar-refractivity contribution is -0.149.